The Kier molecular flexibility index (Phi) is 6.32. The van der Waals surface area contributed by atoms with Gasteiger partial charge >= 0.3 is 0 Å². The molecular formula is C15H22BrN5. The molecule has 0 fully saturated rings. The highest BCUT2D eigenvalue weighted by Gasteiger charge is 2.14. The van der Waals surface area contributed by atoms with Crippen LogP contribution in [0.2, 0.25) is 0 Å². The molecule has 1 aromatic heterocycles. The first-order valence-electron chi connectivity index (χ1n) is 7.35. The van der Waals surface area contributed by atoms with Gasteiger partial charge in [0.25, 0.3) is 0 Å². The summed E-state index contributed by atoms with van der Waals surface area (Å²) in [7, 11) is 1.80. The number of aryl methyl sites for hydroxylation is 1. The van der Waals surface area contributed by atoms with Crippen LogP contribution in [-0.4, -0.2) is 33.3 Å². The van der Waals surface area contributed by atoms with Crippen LogP contribution in [0.3, 0.4) is 0 Å². The van der Waals surface area contributed by atoms with Gasteiger partial charge in [0.05, 0.1) is 7.05 Å². The zero-order valence-electron chi connectivity index (χ0n) is 12.6. The average molecular weight is 352 g/mol. The summed E-state index contributed by atoms with van der Waals surface area (Å²) in [6, 6.07) is 8.51. The van der Waals surface area contributed by atoms with Crippen molar-refractivity contribution in [3.05, 3.63) is 40.1 Å². The lowest BCUT2D eigenvalue weighted by atomic mass is 9.96. The van der Waals surface area contributed by atoms with Crippen LogP contribution in [-0.2, 0) is 19.9 Å². The third-order valence-electron chi connectivity index (χ3n) is 3.32. The third-order valence-corrected chi connectivity index (χ3v) is 3.85. The molecule has 0 saturated heterocycles. The SMILES string of the molecule is CCCNCC(Cc1ccc(Br)cc1)Cc1nnn(C)n1. The molecular weight excluding hydrogens is 330 g/mol. The summed E-state index contributed by atoms with van der Waals surface area (Å²) < 4.78 is 1.11. The average Bonchev–Trinajstić information content (AvgIpc) is 2.87. The molecule has 6 heteroatoms. The molecule has 0 amide bonds. The van der Waals surface area contributed by atoms with Gasteiger partial charge in [-0.25, -0.2) is 0 Å². The molecule has 1 aromatic carbocycles. The van der Waals surface area contributed by atoms with E-state index in [1.807, 2.05) is 0 Å². The zero-order valence-corrected chi connectivity index (χ0v) is 14.2. The van der Waals surface area contributed by atoms with Gasteiger partial charge in [0.15, 0.2) is 5.82 Å². The van der Waals surface area contributed by atoms with E-state index < -0.39 is 0 Å². The number of tetrazole rings is 1. The van der Waals surface area contributed by atoms with Gasteiger partial charge in [0, 0.05) is 10.9 Å². The van der Waals surface area contributed by atoms with Crippen LogP contribution >= 0.6 is 15.9 Å². The maximum atomic E-state index is 4.29. The highest BCUT2D eigenvalue weighted by Crippen LogP contribution is 2.15. The van der Waals surface area contributed by atoms with Crippen molar-refractivity contribution in [2.45, 2.75) is 26.2 Å². The first-order chi connectivity index (χ1) is 10.2. The lowest BCUT2D eigenvalue weighted by molar-refractivity contribution is 0.460. The summed E-state index contributed by atoms with van der Waals surface area (Å²) >= 11 is 3.48. The quantitative estimate of drug-likeness (QED) is 0.741. The van der Waals surface area contributed by atoms with E-state index in [0.717, 1.165) is 42.6 Å². The number of aromatic nitrogens is 4. The van der Waals surface area contributed by atoms with Crippen molar-refractivity contribution in [1.29, 1.82) is 0 Å². The fraction of sp³-hybridized carbons (Fsp3) is 0.533. The van der Waals surface area contributed by atoms with E-state index in [2.05, 4.69) is 67.8 Å². The summed E-state index contributed by atoms with van der Waals surface area (Å²) in [6.07, 6.45) is 3.01. The Morgan fingerprint density at radius 1 is 1.24 bits per heavy atom. The third kappa shape index (κ3) is 5.55. The van der Waals surface area contributed by atoms with Gasteiger partial charge in [-0.1, -0.05) is 35.0 Å². The molecule has 0 saturated carbocycles. The molecule has 114 valence electrons. The van der Waals surface area contributed by atoms with Crippen molar-refractivity contribution in [2.75, 3.05) is 13.1 Å². The minimum Gasteiger partial charge on any atom is -0.316 e. The van der Waals surface area contributed by atoms with Gasteiger partial charge in [-0.05, 0) is 54.8 Å². The minimum atomic E-state index is 0.474. The van der Waals surface area contributed by atoms with E-state index in [0.29, 0.717) is 5.92 Å². The lowest BCUT2D eigenvalue weighted by Crippen LogP contribution is -2.27. The molecule has 1 N–H and O–H groups in total. The summed E-state index contributed by atoms with van der Waals surface area (Å²) in [5.41, 5.74) is 1.34. The molecule has 5 nitrogen and oxygen atoms in total. The molecule has 0 spiro atoms. The van der Waals surface area contributed by atoms with Crippen molar-refractivity contribution >= 4 is 15.9 Å². The molecule has 1 heterocycles. The first kappa shape index (κ1) is 16.1. The van der Waals surface area contributed by atoms with E-state index in [4.69, 9.17) is 0 Å². The molecule has 1 atom stereocenters. The number of nitrogens with one attached hydrogen (secondary N) is 1. The van der Waals surface area contributed by atoms with E-state index in [1.165, 1.54) is 10.4 Å². The smallest absolute Gasteiger partial charge is 0.175 e. The summed E-state index contributed by atoms with van der Waals surface area (Å²) in [5.74, 6) is 1.29. The molecule has 0 aliphatic heterocycles. The van der Waals surface area contributed by atoms with Crippen LogP contribution in [0.4, 0.5) is 0 Å². The minimum absolute atomic E-state index is 0.474. The Hall–Kier alpha value is -1.27. The second-order valence-electron chi connectivity index (χ2n) is 5.30. The normalized spacial score (nSPS) is 12.5. The highest BCUT2D eigenvalue weighted by atomic mass is 79.9. The molecule has 21 heavy (non-hydrogen) atoms. The number of benzene rings is 1. The fourth-order valence-corrected chi connectivity index (χ4v) is 2.58. The molecule has 2 aromatic rings. The van der Waals surface area contributed by atoms with Crippen molar-refractivity contribution in [2.24, 2.45) is 13.0 Å². The largest absolute Gasteiger partial charge is 0.316 e. The van der Waals surface area contributed by atoms with Crippen molar-refractivity contribution in [1.82, 2.24) is 25.5 Å². The predicted molar refractivity (Wildman–Crippen MR) is 87.0 cm³/mol. The number of hydrogen-bond acceptors (Lipinski definition) is 4. The Labute approximate surface area is 134 Å². The number of halogens is 1. The maximum Gasteiger partial charge on any atom is 0.175 e. The van der Waals surface area contributed by atoms with Gasteiger partial charge in [-0.15, -0.1) is 10.2 Å². The molecule has 0 aliphatic rings. The Morgan fingerprint density at radius 2 is 2.00 bits per heavy atom. The summed E-state index contributed by atoms with van der Waals surface area (Å²) in [5, 5.41) is 15.8. The number of hydrogen-bond donors (Lipinski definition) is 1. The molecule has 0 radical (unpaired) electrons. The Bertz CT molecular complexity index is 537. The van der Waals surface area contributed by atoms with Gasteiger partial charge in [0.2, 0.25) is 0 Å². The second kappa shape index (κ2) is 8.24. The van der Waals surface area contributed by atoms with E-state index >= 15 is 0 Å². The summed E-state index contributed by atoms with van der Waals surface area (Å²) in [4.78, 5) is 1.52. The van der Waals surface area contributed by atoms with Crippen molar-refractivity contribution in [3.8, 4) is 0 Å². The Morgan fingerprint density at radius 3 is 2.62 bits per heavy atom. The standard InChI is InChI=1S/C15H22BrN5/c1-3-8-17-11-13(10-15-18-20-21(2)19-15)9-12-4-6-14(16)7-5-12/h4-7,13,17H,3,8-11H2,1-2H3. The van der Waals surface area contributed by atoms with Crippen LogP contribution in [0.25, 0.3) is 0 Å². The van der Waals surface area contributed by atoms with Gasteiger partial charge < -0.3 is 5.32 Å². The van der Waals surface area contributed by atoms with Crippen molar-refractivity contribution in [3.63, 3.8) is 0 Å². The van der Waals surface area contributed by atoms with Gasteiger partial charge in [-0.2, -0.15) is 4.80 Å². The zero-order chi connectivity index (χ0) is 15.1. The van der Waals surface area contributed by atoms with Crippen LogP contribution in [0, 0.1) is 5.92 Å². The van der Waals surface area contributed by atoms with E-state index in [-0.39, 0.29) is 0 Å². The molecule has 1 unspecified atom stereocenters. The first-order valence-corrected chi connectivity index (χ1v) is 8.14. The predicted octanol–water partition coefficient (Wildman–Crippen LogP) is 2.37. The monoisotopic (exact) mass is 351 g/mol. The van der Waals surface area contributed by atoms with Crippen molar-refractivity contribution < 1.29 is 0 Å². The van der Waals surface area contributed by atoms with Gasteiger partial charge in [0.1, 0.15) is 0 Å². The lowest BCUT2D eigenvalue weighted by Gasteiger charge is -2.16. The van der Waals surface area contributed by atoms with Crippen LogP contribution in [0.1, 0.15) is 24.7 Å². The molecule has 2 rings (SSSR count). The van der Waals surface area contributed by atoms with Crippen LogP contribution in [0.5, 0.6) is 0 Å². The highest BCUT2D eigenvalue weighted by molar-refractivity contribution is 9.10. The van der Waals surface area contributed by atoms with E-state index in [9.17, 15) is 0 Å². The number of nitrogens with zero attached hydrogens (tertiary/aromatic N) is 4. The van der Waals surface area contributed by atoms with E-state index in [1.54, 1.807) is 7.05 Å². The summed E-state index contributed by atoms with van der Waals surface area (Å²) in [6.45, 7) is 4.20. The Balaban J connectivity index is 1.98. The topological polar surface area (TPSA) is 55.6 Å². The maximum absolute atomic E-state index is 4.29. The molecule has 0 aliphatic carbocycles. The fourth-order valence-electron chi connectivity index (χ4n) is 2.32. The van der Waals surface area contributed by atoms with Gasteiger partial charge in [-0.3, -0.25) is 0 Å². The molecule has 0 bridgehead atoms. The van der Waals surface area contributed by atoms with Crippen LogP contribution < -0.4 is 5.32 Å². The second-order valence-corrected chi connectivity index (χ2v) is 6.22. The van der Waals surface area contributed by atoms with Crippen LogP contribution in [0.15, 0.2) is 28.7 Å². The number of rotatable bonds is 8.